The van der Waals surface area contributed by atoms with Crippen LogP contribution in [0.2, 0.25) is 5.02 Å². The van der Waals surface area contributed by atoms with Gasteiger partial charge in [-0.15, -0.1) is 0 Å². The summed E-state index contributed by atoms with van der Waals surface area (Å²) in [4.78, 5) is 2.74. The summed E-state index contributed by atoms with van der Waals surface area (Å²) in [5.41, 5.74) is 0.579. The van der Waals surface area contributed by atoms with Gasteiger partial charge in [-0.2, -0.15) is 0 Å². The summed E-state index contributed by atoms with van der Waals surface area (Å²) in [6, 6.07) is 13.3. The van der Waals surface area contributed by atoms with Crippen LogP contribution in [0.5, 0.6) is 5.75 Å². The highest BCUT2D eigenvalue weighted by Gasteiger charge is 2.21. The van der Waals surface area contributed by atoms with Crippen molar-refractivity contribution in [1.82, 2.24) is 4.90 Å². The number of hydrogen-bond donors (Lipinski definition) is 0. The van der Waals surface area contributed by atoms with Crippen molar-refractivity contribution < 1.29 is 13.2 Å². The van der Waals surface area contributed by atoms with Crippen LogP contribution in [0.25, 0.3) is 0 Å². The molecule has 0 N–H and O–H groups in total. The van der Waals surface area contributed by atoms with E-state index in [1.807, 2.05) is 12.1 Å². The highest BCUT2D eigenvalue weighted by molar-refractivity contribution is 7.92. The minimum Gasteiger partial charge on any atom is -0.494 e. The number of sulfonamides is 1. The summed E-state index contributed by atoms with van der Waals surface area (Å²) < 4.78 is 32.7. The monoisotopic (exact) mass is 480 g/mol. The van der Waals surface area contributed by atoms with Crippen molar-refractivity contribution in [2.75, 3.05) is 37.6 Å². The third-order valence-electron chi connectivity index (χ3n) is 5.58. The zero-order valence-electron chi connectivity index (χ0n) is 19.6. The third-order valence-corrected chi connectivity index (χ3v) is 7.64. The van der Waals surface area contributed by atoms with Crippen LogP contribution < -0.4 is 9.04 Å². The number of rotatable bonds is 15. The molecule has 2 aromatic rings. The van der Waals surface area contributed by atoms with Crippen molar-refractivity contribution in [1.29, 1.82) is 0 Å². The first-order valence-electron chi connectivity index (χ1n) is 11.6. The molecule has 2 aromatic carbocycles. The van der Waals surface area contributed by atoms with Gasteiger partial charge in [0.2, 0.25) is 0 Å². The molecule has 0 aliphatic carbocycles. The molecule has 0 unspecified atom stereocenters. The fourth-order valence-electron chi connectivity index (χ4n) is 3.45. The fourth-order valence-corrected chi connectivity index (χ4v) is 4.77. The molecule has 178 valence electrons. The summed E-state index contributed by atoms with van der Waals surface area (Å²) in [6.07, 6.45) is 7.17. The molecule has 7 heteroatoms. The van der Waals surface area contributed by atoms with E-state index in [9.17, 15) is 8.42 Å². The smallest absolute Gasteiger partial charge is 0.264 e. The van der Waals surface area contributed by atoms with Crippen LogP contribution in [0.15, 0.2) is 53.4 Å². The Bertz CT molecular complexity index is 886. The van der Waals surface area contributed by atoms with Crippen molar-refractivity contribution in [3.8, 4) is 5.75 Å². The van der Waals surface area contributed by atoms with Crippen LogP contribution in [-0.2, 0) is 10.0 Å². The number of unbranched alkanes of at least 4 members (excludes halogenated alkanes) is 4. The van der Waals surface area contributed by atoms with Crippen molar-refractivity contribution in [2.24, 2.45) is 0 Å². The van der Waals surface area contributed by atoms with E-state index in [-0.39, 0.29) is 4.90 Å². The van der Waals surface area contributed by atoms with Gasteiger partial charge in [-0.1, -0.05) is 44.7 Å². The van der Waals surface area contributed by atoms with Crippen LogP contribution in [-0.4, -0.2) is 46.6 Å². The first-order chi connectivity index (χ1) is 15.4. The largest absolute Gasteiger partial charge is 0.494 e. The Labute approximate surface area is 199 Å². The lowest BCUT2D eigenvalue weighted by molar-refractivity contribution is 0.271. The lowest BCUT2D eigenvalue weighted by atomic mass is 10.2. The summed E-state index contributed by atoms with van der Waals surface area (Å²) in [5.74, 6) is 0.753. The maximum Gasteiger partial charge on any atom is 0.264 e. The van der Waals surface area contributed by atoms with E-state index in [2.05, 4.69) is 18.7 Å². The highest BCUT2D eigenvalue weighted by Crippen LogP contribution is 2.25. The van der Waals surface area contributed by atoms with E-state index in [0.29, 0.717) is 17.3 Å². The summed E-state index contributed by atoms with van der Waals surface area (Å²) >= 11 is 5.86. The van der Waals surface area contributed by atoms with E-state index in [4.69, 9.17) is 16.3 Å². The second-order valence-electron chi connectivity index (χ2n) is 7.97. The lowest BCUT2D eigenvalue weighted by Gasteiger charge is -2.20. The second-order valence-corrected chi connectivity index (χ2v) is 10.4. The Hall–Kier alpha value is -1.76. The Morgan fingerprint density at radius 3 is 2.09 bits per heavy atom. The van der Waals surface area contributed by atoms with Crippen molar-refractivity contribution in [2.45, 2.75) is 57.3 Å². The Morgan fingerprint density at radius 2 is 1.47 bits per heavy atom. The first kappa shape index (κ1) is 26.5. The highest BCUT2D eigenvalue weighted by atomic mass is 35.5. The van der Waals surface area contributed by atoms with Gasteiger partial charge in [-0.25, -0.2) is 8.42 Å². The molecule has 0 aliphatic rings. The van der Waals surface area contributed by atoms with E-state index >= 15 is 0 Å². The van der Waals surface area contributed by atoms with Gasteiger partial charge >= 0.3 is 0 Å². The zero-order valence-corrected chi connectivity index (χ0v) is 21.2. The van der Waals surface area contributed by atoms with Gasteiger partial charge in [-0.3, -0.25) is 4.31 Å². The quantitative estimate of drug-likeness (QED) is 0.284. The molecule has 0 aliphatic heterocycles. The van der Waals surface area contributed by atoms with Gasteiger partial charge in [0.15, 0.2) is 0 Å². The average molecular weight is 481 g/mol. The van der Waals surface area contributed by atoms with Gasteiger partial charge < -0.3 is 9.64 Å². The van der Waals surface area contributed by atoms with Gasteiger partial charge in [0, 0.05) is 12.1 Å². The normalized spacial score (nSPS) is 11.7. The molecular weight excluding hydrogens is 444 g/mol. The molecular formula is C25H37ClN2O3S. The van der Waals surface area contributed by atoms with Gasteiger partial charge in [0.1, 0.15) is 5.75 Å². The topological polar surface area (TPSA) is 49.9 Å². The molecule has 0 heterocycles. The van der Waals surface area contributed by atoms with Crippen molar-refractivity contribution >= 4 is 27.3 Å². The molecule has 0 atom stereocenters. The van der Waals surface area contributed by atoms with Crippen LogP contribution in [0, 0.1) is 0 Å². The number of nitrogens with zero attached hydrogens (tertiary/aromatic N) is 2. The van der Waals surface area contributed by atoms with Crippen molar-refractivity contribution in [3.63, 3.8) is 0 Å². The van der Waals surface area contributed by atoms with Gasteiger partial charge in [-0.05, 0) is 87.4 Å². The van der Waals surface area contributed by atoms with Crippen LogP contribution in [0.3, 0.4) is 0 Å². The number of halogens is 1. The second kappa shape index (κ2) is 13.7. The Kier molecular flexibility index (Phi) is 11.4. The standard InChI is InChI=1S/C25H37ClN2O3S/c1-4-6-19-28(5-2)20-9-7-8-10-21-31-24-15-13-23(14-16-24)27(3)32(29,30)25-17-11-22(26)12-18-25/h11-18H,4-10,19-21H2,1-3H3. The third kappa shape index (κ3) is 8.30. The lowest BCUT2D eigenvalue weighted by Crippen LogP contribution is -2.26. The fraction of sp³-hybridized carbons (Fsp3) is 0.520. The Morgan fingerprint density at radius 1 is 0.844 bits per heavy atom. The molecule has 0 saturated heterocycles. The minimum absolute atomic E-state index is 0.206. The van der Waals surface area contributed by atoms with E-state index in [0.717, 1.165) is 25.1 Å². The maximum atomic E-state index is 12.8. The Balaban J connectivity index is 1.73. The molecule has 0 amide bonds. The predicted molar refractivity (Wildman–Crippen MR) is 134 cm³/mol. The number of anilines is 1. The van der Waals surface area contributed by atoms with E-state index in [1.54, 1.807) is 31.3 Å². The predicted octanol–water partition coefficient (Wildman–Crippen LogP) is 6.23. The average Bonchev–Trinajstić information content (AvgIpc) is 2.80. The molecule has 0 bridgehead atoms. The number of ether oxygens (including phenoxy) is 1. The molecule has 0 saturated carbocycles. The molecule has 0 aromatic heterocycles. The van der Waals surface area contributed by atoms with Crippen LogP contribution in [0.4, 0.5) is 5.69 Å². The summed E-state index contributed by atoms with van der Waals surface area (Å²) in [5, 5.41) is 0.503. The van der Waals surface area contributed by atoms with Gasteiger partial charge in [0.05, 0.1) is 17.2 Å². The molecule has 2 rings (SSSR count). The number of benzene rings is 2. The summed E-state index contributed by atoms with van der Waals surface area (Å²) in [6.45, 7) is 8.68. The maximum absolute atomic E-state index is 12.8. The summed E-state index contributed by atoms with van der Waals surface area (Å²) in [7, 11) is -2.09. The van der Waals surface area contributed by atoms with Crippen molar-refractivity contribution in [3.05, 3.63) is 53.6 Å². The molecule has 5 nitrogen and oxygen atoms in total. The molecule has 0 spiro atoms. The van der Waals surface area contributed by atoms with Crippen LogP contribution >= 0.6 is 11.6 Å². The zero-order chi connectivity index (χ0) is 23.4. The molecule has 0 fully saturated rings. The molecule has 0 radical (unpaired) electrons. The number of hydrogen-bond acceptors (Lipinski definition) is 4. The van der Waals surface area contributed by atoms with Gasteiger partial charge in [0.25, 0.3) is 10.0 Å². The first-order valence-corrected chi connectivity index (χ1v) is 13.4. The van der Waals surface area contributed by atoms with E-state index in [1.165, 1.54) is 55.2 Å². The van der Waals surface area contributed by atoms with E-state index < -0.39 is 10.0 Å². The minimum atomic E-state index is -3.63. The molecule has 32 heavy (non-hydrogen) atoms. The SMILES string of the molecule is CCCCN(CC)CCCCCCOc1ccc(N(C)S(=O)(=O)c2ccc(Cl)cc2)cc1. The van der Waals surface area contributed by atoms with Crippen LogP contribution in [0.1, 0.15) is 52.4 Å².